The molecular formula is C15H25NOSi. The van der Waals surface area contributed by atoms with Crippen molar-refractivity contribution < 1.29 is 4.79 Å². The minimum Gasteiger partial charge on any atom is -0.339 e. The fraction of sp³-hybridized carbons (Fsp3) is 0.533. The normalized spacial score (nSPS) is 11.4. The minimum atomic E-state index is -1.50. The molecule has 0 saturated heterocycles. The van der Waals surface area contributed by atoms with Crippen molar-refractivity contribution >= 4 is 19.2 Å². The monoisotopic (exact) mass is 263 g/mol. The summed E-state index contributed by atoms with van der Waals surface area (Å²) in [4.78, 5) is 14.5. The van der Waals surface area contributed by atoms with Crippen LogP contribution in [0.5, 0.6) is 0 Å². The fourth-order valence-electron chi connectivity index (χ4n) is 2.52. The molecule has 1 amide bonds. The van der Waals surface area contributed by atoms with Gasteiger partial charge in [-0.25, -0.2) is 0 Å². The number of rotatable bonds is 4. The van der Waals surface area contributed by atoms with Crippen LogP contribution in [-0.2, 0) is 0 Å². The Morgan fingerprint density at radius 1 is 1.17 bits per heavy atom. The molecule has 3 heteroatoms. The molecule has 0 fully saturated rings. The first-order chi connectivity index (χ1) is 8.32. The molecule has 0 unspecified atom stereocenters. The average Bonchev–Trinajstić information content (AvgIpc) is 2.28. The number of carbonyl (C=O) groups excluding carboxylic acids is 1. The van der Waals surface area contributed by atoms with Gasteiger partial charge in [0, 0.05) is 18.7 Å². The summed E-state index contributed by atoms with van der Waals surface area (Å²) >= 11 is 0. The highest BCUT2D eigenvalue weighted by Gasteiger charge is 2.26. The van der Waals surface area contributed by atoms with Crippen molar-refractivity contribution in [1.29, 1.82) is 0 Å². The Kier molecular flexibility index (Phi) is 4.74. The van der Waals surface area contributed by atoms with Crippen LogP contribution in [0, 0.1) is 6.92 Å². The van der Waals surface area contributed by atoms with Gasteiger partial charge in [-0.05, 0) is 32.0 Å². The Balaban J connectivity index is 3.33. The van der Waals surface area contributed by atoms with Gasteiger partial charge < -0.3 is 4.90 Å². The van der Waals surface area contributed by atoms with E-state index in [1.54, 1.807) is 0 Å². The summed E-state index contributed by atoms with van der Waals surface area (Å²) in [5.41, 5.74) is 2.17. The van der Waals surface area contributed by atoms with Gasteiger partial charge in [0.25, 0.3) is 5.91 Å². The molecule has 0 aromatic heterocycles. The Morgan fingerprint density at radius 2 is 1.72 bits per heavy atom. The first kappa shape index (κ1) is 15.0. The van der Waals surface area contributed by atoms with E-state index in [-0.39, 0.29) is 5.91 Å². The summed E-state index contributed by atoms with van der Waals surface area (Å²) < 4.78 is 0. The molecule has 0 aliphatic heterocycles. The lowest BCUT2D eigenvalue weighted by Crippen LogP contribution is -2.45. The number of carbonyl (C=O) groups is 1. The van der Waals surface area contributed by atoms with E-state index in [1.165, 1.54) is 10.8 Å². The van der Waals surface area contributed by atoms with E-state index in [4.69, 9.17) is 0 Å². The zero-order valence-corrected chi connectivity index (χ0v) is 13.5. The Morgan fingerprint density at radius 3 is 2.17 bits per heavy atom. The average molecular weight is 263 g/mol. The second-order valence-electron chi connectivity index (χ2n) is 5.72. The molecule has 2 nitrogen and oxygen atoms in total. The van der Waals surface area contributed by atoms with Crippen LogP contribution in [0.2, 0.25) is 19.6 Å². The molecule has 1 aromatic rings. The van der Waals surface area contributed by atoms with Gasteiger partial charge in [0.15, 0.2) is 0 Å². The molecule has 1 rings (SSSR count). The third-order valence-corrected chi connectivity index (χ3v) is 5.47. The van der Waals surface area contributed by atoms with Crippen LogP contribution in [0.4, 0.5) is 0 Å². The van der Waals surface area contributed by atoms with Crippen LogP contribution in [0.15, 0.2) is 18.2 Å². The predicted octanol–water partition coefficient (Wildman–Crippen LogP) is 3.02. The van der Waals surface area contributed by atoms with E-state index in [0.29, 0.717) is 0 Å². The van der Waals surface area contributed by atoms with Crippen molar-refractivity contribution in [3.63, 3.8) is 0 Å². The highest BCUT2D eigenvalue weighted by Crippen LogP contribution is 2.13. The van der Waals surface area contributed by atoms with Crippen molar-refractivity contribution in [2.45, 2.75) is 40.4 Å². The minimum absolute atomic E-state index is 0.182. The van der Waals surface area contributed by atoms with Gasteiger partial charge >= 0.3 is 0 Å². The molecule has 0 aliphatic rings. The summed E-state index contributed by atoms with van der Waals surface area (Å²) in [6, 6.07) is 6.10. The molecule has 0 N–H and O–H groups in total. The van der Waals surface area contributed by atoms with E-state index in [2.05, 4.69) is 32.6 Å². The molecule has 100 valence electrons. The lowest BCUT2D eigenvalue weighted by Gasteiger charge is -2.26. The Bertz CT molecular complexity index is 431. The highest BCUT2D eigenvalue weighted by molar-refractivity contribution is 6.89. The van der Waals surface area contributed by atoms with Crippen molar-refractivity contribution in [2.75, 3.05) is 13.1 Å². The van der Waals surface area contributed by atoms with Gasteiger partial charge in [-0.3, -0.25) is 4.79 Å². The topological polar surface area (TPSA) is 20.3 Å². The van der Waals surface area contributed by atoms with E-state index >= 15 is 0 Å². The smallest absolute Gasteiger partial charge is 0.253 e. The van der Waals surface area contributed by atoms with E-state index in [1.807, 2.05) is 30.9 Å². The second kappa shape index (κ2) is 5.70. The van der Waals surface area contributed by atoms with Crippen molar-refractivity contribution in [2.24, 2.45) is 0 Å². The number of benzene rings is 1. The maximum absolute atomic E-state index is 12.6. The molecule has 1 aromatic carbocycles. The predicted molar refractivity (Wildman–Crippen MR) is 81.4 cm³/mol. The van der Waals surface area contributed by atoms with E-state index < -0.39 is 8.07 Å². The Hall–Kier alpha value is -1.09. The molecule has 0 atom stereocenters. The summed E-state index contributed by atoms with van der Waals surface area (Å²) in [6.45, 7) is 14.6. The van der Waals surface area contributed by atoms with Crippen LogP contribution in [-0.4, -0.2) is 32.0 Å². The molecular weight excluding hydrogens is 238 g/mol. The van der Waals surface area contributed by atoms with Crippen LogP contribution in [0.3, 0.4) is 0 Å². The lowest BCUT2D eigenvalue weighted by atomic mass is 10.1. The van der Waals surface area contributed by atoms with Gasteiger partial charge in [-0.2, -0.15) is 0 Å². The first-order valence-electron chi connectivity index (χ1n) is 6.72. The SMILES string of the molecule is CCN(CC)C(=O)c1cccc(C)c1[Si](C)(C)C. The number of hydrogen-bond donors (Lipinski definition) is 0. The number of aryl methyl sites for hydroxylation is 1. The third kappa shape index (κ3) is 3.02. The zero-order chi connectivity index (χ0) is 13.9. The van der Waals surface area contributed by atoms with Gasteiger partial charge in [0.05, 0.1) is 8.07 Å². The van der Waals surface area contributed by atoms with Crippen LogP contribution >= 0.6 is 0 Å². The Labute approximate surface area is 112 Å². The zero-order valence-electron chi connectivity index (χ0n) is 12.5. The van der Waals surface area contributed by atoms with Crippen LogP contribution in [0.25, 0.3) is 0 Å². The van der Waals surface area contributed by atoms with E-state index in [0.717, 1.165) is 18.7 Å². The van der Waals surface area contributed by atoms with Gasteiger partial charge in [0.1, 0.15) is 0 Å². The van der Waals surface area contributed by atoms with Crippen molar-refractivity contribution in [3.05, 3.63) is 29.3 Å². The molecule has 0 aliphatic carbocycles. The molecule has 0 spiro atoms. The summed E-state index contributed by atoms with van der Waals surface area (Å²) in [5.74, 6) is 0.182. The fourth-order valence-corrected chi connectivity index (χ4v) is 4.79. The molecule has 0 saturated carbocycles. The molecule has 0 bridgehead atoms. The van der Waals surface area contributed by atoms with Crippen molar-refractivity contribution in [1.82, 2.24) is 4.90 Å². The summed E-state index contributed by atoms with van der Waals surface area (Å²) in [7, 11) is -1.50. The molecule has 0 radical (unpaired) electrons. The van der Waals surface area contributed by atoms with Crippen molar-refractivity contribution in [3.8, 4) is 0 Å². The van der Waals surface area contributed by atoms with Crippen LogP contribution in [0.1, 0.15) is 29.8 Å². The van der Waals surface area contributed by atoms with Gasteiger partial charge in [0.2, 0.25) is 0 Å². The highest BCUT2D eigenvalue weighted by atomic mass is 28.3. The van der Waals surface area contributed by atoms with Gasteiger partial charge in [-0.15, -0.1) is 0 Å². The lowest BCUT2D eigenvalue weighted by molar-refractivity contribution is 0.0774. The van der Waals surface area contributed by atoms with Crippen LogP contribution < -0.4 is 5.19 Å². The first-order valence-corrected chi connectivity index (χ1v) is 10.2. The second-order valence-corrected chi connectivity index (χ2v) is 10.7. The quantitative estimate of drug-likeness (QED) is 0.765. The van der Waals surface area contributed by atoms with Gasteiger partial charge in [-0.1, -0.05) is 37.3 Å². The number of nitrogens with zero attached hydrogens (tertiary/aromatic N) is 1. The number of hydrogen-bond acceptors (Lipinski definition) is 1. The third-order valence-electron chi connectivity index (χ3n) is 3.30. The van der Waals surface area contributed by atoms with E-state index in [9.17, 15) is 4.79 Å². The molecule has 18 heavy (non-hydrogen) atoms. The standard InChI is InChI=1S/C15H25NOSi/c1-7-16(8-2)15(17)13-11-9-10-12(3)14(13)18(4,5)6/h9-11H,7-8H2,1-6H3. The maximum atomic E-state index is 12.6. The maximum Gasteiger partial charge on any atom is 0.253 e. The largest absolute Gasteiger partial charge is 0.339 e. The number of amides is 1. The summed E-state index contributed by atoms with van der Waals surface area (Å²) in [5, 5.41) is 1.31. The molecule has 0 heterocycles. The summed E-state index contributed by atoms with van der Waals surface area (Å²) in [6.07, 6.45) is 0.